The van der Waals surface area contributed by atoms with E-state index in [0.29, 0.717) is 19.6 Å². The van der Waals surface area contributed by atoms with Crippen LogP contribution in [0.15, 0.2) is 36.4 Å². The molecule has 1 saturated heterocycles. The highest BCUT2D eigenvalue weighted by atomic mass is 35.5. The highest BCUT2D eigenvalue weighted by Gasteiger charge is 2.32. The highest BCUT2D eigenvalue weighted by Crippen LogP contribution is 2.21. The standard InChI is InChI=1S/C25H32N2O3.ClH/c1-17-10-18(2)12-22(11-17)25(29)27-9-8-26(16-24(28)30-5)15-23(27)14-21-7-6-19(3)20(4)13-21;/h6-7,10-13,23H,8-9,14-16H2,1-5H3;1H/t23-;/m1./s1. The maximum absolute atomic E-state index is 13.4. The number of carbonyl (C=O) groups excluding carboxylic acids is 2. The summed E-state index contributed by atoms with van der Waals surface area (Å²) in [5.41, 5.74) is 6.64. The van der Waals surface area contributed by atoms with Crippen molar-refractivity contribution in [1.29, 1.82) is 0 Å². The number of nitrogens with zero attached hydrogens (tertiary/aromatic N) is 2. The van der Waals surface area contributed by atoms with Gasteiger partial charge in [-0.2, -0.15) is 0 Å². The summed E-state index contributed by atoms with van der Waals surface area (Å²) in [6, 6.07) is 12.5. The maximum atomic E-state index is 13.4. The zero-order valence-corrected chi connectivity index (χ0v) is 19.9. The van der Waals surface area contributed by atoms with Crippen LogP contribution in [0.4, 0.5) is 0 Å². The molecule has 1 aliphatic heterocycles. The minimum atomic E-state index is -0.242. The van der Waals surface area contributed by atoms with Crippen LogP contribution < -0.4 is 0 Å². The molecule has 31 heavy (non-hydrogen) atoms. The van der Waals surface area contributed by atoms with Crippen LogP contribution in [0, 0.1) is 27.7 Å². The molecule has 168 valence electrons. The van der Waals surface area contributed by atoms with E-state index in [2.05, 4.69) is 43.0 Å². The van der Waals surface area contributed by atoms with Crippen molar-refractivity contribution in [3.05, 3.63) is 69.8 Å². The van der Waals surface area contributed by atoms with Crippen LogP contribution in [0.2, 0.25) is 0 Å². The minimum absolute atomic E-state index is 0. The van der Waals surface area contributed by atoms with E-state index in [1.165, 1.54) is 23.8 Å². The Hall–Kier alpha value is -2.37. The average Bonchev–Trinajstić information content (AvgIpc) is 2.69. The SMILES string of the molecule is COC(=O)CN1CCN(C(=O)c2cc(C)cc(C)c2)[C@H](Cc2ccc(C)c(C)c2)C1.Cl. The van der Waals surface area contributed by atoms with Crippen molar-refractivity contribution < 1.29 is 14.3 Å². The van der Waals surface area contributed by atoms with Crippen molar-refractivity contribution in [2.75, 3.05) is 33.3 Å². The first-order valence-electron chi connectivity index (χ1n) is 10.5. The summed E-state index contributed by atoms with van der Waals surface area (Å²) in [5.74, 6) is -0.178. The predicted molar refractivity (Wildman–Crippen MR) is 126 cm³/mol. The van der Waals surface area contributed by atoms with Gasteiger partial charge in [-0.15, -0.1) is 12.4 Å². The Labute approximate surface area is 191 Å². The second-order valence-corrected chi connectivity index (χ2v) is 8.46. The molecule has 0 unspecified atom stereocenters. The Kier molecular flexibility index (Phi) is 8.66. The van der Waals surface area contributed by atoms with Gasteiger partial charge in [-0.05, 0) is 62.9 Å². The van der Waals surface area contributed by atoms with Gasteiger partial charge < -0.3 is 9.64 Å². The fraction of sp³-hybridized carbons (Fsp3) is 0.440. The number of carbonyl (C=O) groups is 2. The smallest absolute Gasteiger partial charge is 0.319 e. The third kappa shape index (κ3) is 6.31. The molecule has 2 aromatic carbocycles. The van der Waals surface area contributed by atoms with E-state index in [0.717, 1.165) is 23.1 Å². The maximum Gasteiger partial charge on any atom is 0.319 e. The number of hydrogen-bond acceptors (Lipinski definition) is 4. The zero-order chi connectivity index (χ0) is 21.8. The van der Waals surface area contributed by atoms with Crippen LogP contribution >= 0.6 is 12.4 Å². The fourth-order valence-electron chi connectivity index (χ4n) is 4.22. The van der Waals surface area contributed by atoms with Gasteiger partial charge in [0.15, 0.2) is 0 Å². The lowest BCUT2D eigenvalue weighted by Gasteiger charge is -2.41. The predicted octanol–water partition coefficient (Wildman–Crippen LogP) is 3.88. The summed E-state index contributed by atoms with van der Waals surface area (Å²) in [6.45, 7) is 10.4. The van der Waals surface area contributed by atoms with E-state index in [1.807, 2.05) is 30.9 Å². The van der Waals surface area contributed by atoms with E-state index in [4.69, 9.17) is 4.74 Å². The Morgan fingerprint density at radius 1 is 0.968 bits per heavy atom. The van der Waals surface area contributed by atoms with Gasteiger partial charge in [-0.25, -0.2) is 0 Å². The van der Waals surface area contributed by atoms with Crippen molar-refractivity contribution in [2.24, 2.45) is 0 Å². The Balaban J connectivity index is 0.00000341. The molecule has 0 bridgehead atoms. The Morgan fingerprint density at radius 3 is 2.26 bits per heavy atom. The number of rotatable bonds is 5. The third-order valence-corrected chi connectivity index (χ3v) is 5.92. The fourth-order valence-corrected chi connectivity index (χ4v) is 4.22. The summed E-state index contributed by atoms with van der Waals surface area (Å²) in [6.07, 6.45) is 0.759. The third-order valence-electron chi connectivity index (χ3n) is 5.92. The molecule has 2 aromatic rings. The van der Waals surface area contributed by atoms with Crippen molar-refractivity contribution >= 4 is 24.3 Å². The molecule has 0 aromatic heterocycles. The largest absolute Gasteiger partial charge is 0.468 e. The van der Waals surface area contributed by atoms with Crippen LogP contribution in [0.1, 0.15) is 38.2 Å². The summed E-state index contributed by atoms with van der Waals surface area (Å²) < 4.78 is 4.84. The number of esters is 1. The quantitative estimate of drug-likeness (QED) is 0.656. The average molecular weight is 445 g/mol. The molecule has 0 spiro atoms. The first-order valence-corrected chi connectivity index (χ1v) is 10.5. The number of piperazine rings is 1. The molecular weight excluding hydrogens is 412 g/mol. The van der Waals surface area contributed by atoms with E-state index < -0.39 is 0 Å². The lowest BCUT2D eigenvalue weighted by Crippen LogP contribution is -2.56. The lowest BCUT2D eigenvalue weighted by molar-refractivity contribution is -0.142. The summed E-state index contributed by atoms with van der Waals surface area (Å²) >= 11 is 0. The monoisotopic (exact) mass is 444 g/mol. The number of halogens is 1. The van der Waals surface area contributed by atoms with Gasteiger partial charge in [-0.1, -0.05) is 35.4 Å². The molecule has 5 nitrogen and oxygen atoms in total. The van der Waals surface area contributed by atoms with Crippen molar-refractivity contribution in [3.8, 4) is 0 Å². The molecule has 1 aliphatic rings. The van der Waals surface area contributed by atoms with Gasteiger partial charge in [0.05, 0.1) is 13.7 Å². The Bertz CT molecular complexity index is 924. The summed E-state index contributed by atoms with van der Waals surface area (Å²) in [5, 5.41) is 0. The zero-order valence-electron chi connectivity index (χ0n) is 19.1. The number of ether oxygens (including phenoxy) is 1. The molecular formula is C25H33ClN2O3. The topological polar surface area (TPSA) is 49.9 Å². The molecule has 0 saturated carbocycles. The normalized spacial score (nSPS) is 16.5. The molecule has 1 atom stereocenters. The van der Waals surface area contributed by atoms with E-state index >= 15 is 0 Å². The van der Waals surface area contributed by atoms with Crippen LogP contribution in [0.3, 0.4) is 0 Å². The van der Waals surface area contributed by atoms with Gasteiger partial charge in [0.25, 0.3) is 5.91 Å². The van der Waals surface area contributed by atoms with Crippen molar-refractivity contribution in [1.82, 2.24) is 9.80 Å². The molecule has 1 fully saturated rings. The number of hydrogen-bond donors (Lipinski definition) is 0. The van der Waals surface area contributed by atoms with Crippen LogP contribution in [-0.2, 0) is 16.0 Å². The second-order valence-electron chi connectivity index (χ2n) is 8.46. The second kappa shape index (κ2) is 10.8. The number of benzene rings is 2. The van der Waals surface area contributed by atoms with E-state index in [-0.39, 0.29) is 36.9 Å². The lowest BCUT2D eigenvalue weighted by atomic mass is 9.97. The van der Waals surface area contributed by atoms with E-state index in [9.17, 15) is 9.59 Å². The number of methoxy groups -OCH3 is 1. The van der Waals surface area contributed by atoms with Crippen molar-refractivity contribution in [2.45, 2.75) is 40.2 Å². The number of amides is 1. The van der Waals surface area contributed by atoms with Crippen molar-refractivity contribution in [3.63, 3.8) is 0 Å². The molecule has 3 rings (SSSR count). The number of aryl methyl sites for hydroxylation is 4. The van der Waals surface area contributed by atoms with Gasteiger partial charge in [0.2, 0.25) is 0 Å². The Morgan fingerprint density at radius 2 is 1.65 bits per heavy atom. The molecule has 1 heterocycles. The van der Waals surface area contributed by atoms with E-state index in [1.54, 1.807) is 0 Å². The molecule has 0 aliphatic carbocycles. The summed E-state index contributed by atoms with van der Waals surface area (Å²) in [7, 11) is 1.41. The highest BCUT2D eigenvalue weighted by molar-refractivity contribution is 5.95. The van der Waals surface area contributed by atoms with Crippen LogP contribution in [0.5, 0.6) is 0 Å². The molecule has 0 radical (unpaired) electrons. The molecule has 6 heteroatoms. The first kappa shape index (κ1) is 24.9. The van der Waals surface area contributed by atoms with Gasteiger partial charge >= 0.3 is 5.97 Å². The minimum Gasteiger partial charge on any atom is -0.468 e. The van der Waals surface area contributed by atoms with Crippen LogP contribution in [-0.4, -0.2) is 61.0 Å². The first-order chi connectivity index (χ1) is 14.3. The molecule has 0 N–H and O–H groups in total. The summed E-state index contributed by atoms with van der Waals surface area (Å²) in [4.78, 5) is 29.3. The van der Waals surface area contributed by atoms with Gasteiger partial charge in [0.1, 0.15) is 0 Å². The van der Waals surface area contributed by atoms with Crippen LogP contribution in [0.25, 0.3) is 0 Å². The van der Waals surface area contributed by atoms with Gasteiger partial charge in [0, 0.05) is 31.2 Å². The van der Waals surface area contributed by atoms with Gasteiger partial charge in [-0.3, -0.25) is 14.5 Å². The molecule has 1 amide bonds.